The molecule has 0 aliphatic carbocycles. The van der Waals surface area contributed by atoms with Gasteiger partial charge >= 0.3 is 6.18 Å². The van der Waals surface area contributed by atoms with Crippen molar-refractivity contribution in [3.8, 4) is 0 Å². The van der Waals surface area contributed by atoms with Crippen molar-refractivity contribution in [2.45, 2.75) is 6.18 Å². The second-order valence-corrected chi connectivity index (χ2v) is 7.57. The van der Waals surface area contributed by atoms with E-state index in [9.17, 15) is 22.8 Å². The van der Waals surface area contributed by atoms with E-state index >= 15 is 0 Å². The third kappa shape index (κ3) is 4.02. The van der Waals surface area contributed by atoms with Crippen molar-refractivity contribution in [2.75, 3.05) is 23.9 Å². The van der Waals surface area contributed by atoms with Crippen molar-refractivity contribution in [2.24, 2.45) is 0 Å². The minimum absolute atomic E-state index is 0.131. The third-order valence-electron chi connectivity index (χ3n) is 4.01. The maximum Gasteiger partial charge on any atom is 0.417 e. The van der Waals surface area contributed by atoms with Gasteiger partial charge in [-0.25, -0.2) is 4.90 Å². The number of thioether (sulfide) groups is 1. The smallest absolute Gasteiger partial charge is 0.378 e. The van der Waals surface area contributed by atoms with Crippen LogP contribution in [-0.2, 0) is 11.0 Å². The van der Waals surface area contributed by atoms with Gasteiger partial charge in [0.05, 0.1) is 21.2 Å². The monoisotopic (exact) mass is 426 g/mol. The molecule has 0 spiro atoms. The Morgan fingerprint density at radius 1 is 1.07 bits per heavy atom. The highest BCUT2D eigenvalue weighted by molar-refractivity contribution is 8.19. The summed E-state index contributed by atoms with van der Waals surface area (Å²) in [6.07, 6.45) is -3.16. The zero-order chi connectivity index (χ0) is 20.6. The Bertz CT molecular complexity index is 972. The van der Waals surface area contributed by atoms with Crippen molar-refractivity contribution in [1.29, 1.82) is 0 Å². The number of benzene rings is 2. The van der Waals surface area contributed by atoms with Gasteiger partial charge in [-0.2, -0.15) is 13.2 Å². The first kappa shape index (κ1) is 20.3. The van der Waals surface area contributed by atoms with E-state index in [-0.39, 0.29) is 10.6 Å². The fraction of sp³-hybridized carbons (Fsp3) is 0.158. The van der Waals surface area contributed by atoms with Crippen LogP contribution >= 0.6 is 23.4 Å². The average molecular weight is 427 g/mol. The molecule has 146 valence electrons. The molecule has 1 aliphatic rings. The molecule has 2 amide bonds. The molecule has 0 saturated carbocycles. The molecule has 1 fully saturated rings. The van der Waals surface area contributed by atoms with E-state index < -0.39 is 27.9 Å². The molecule has 0 unspecified atom stereocenters. The second-order valence-electron chi connectivity index (χ2n) is 6.16. The first-order valence-corrected chi connectivity index (χ1v) is 9.19. The highest BCUT2D eigenvalue weighted by Crippen LogP contribution is 2.40. The van der Waals surface area contributed by atoms with E-state index in [1.165, 1.54) is 12.1 Å². The summed E-state index contributed by atoms with van der Waals surface area (Å²) in [6, 6.07) is 10.2. The van der Waals surface area contributed by atoms with Crippen molar-refractivity contribution in [3.63, 3.8) is 0 Å². The molecular formula is C19H14ClF3N2O2S. The van der Waals surface area contributed by atoms with Gasteiger partial charge in [-0.1, -0.05) is 23.7 Å². The molecule has 0 radical (unpaired) electrons. The summed E-state index contributed by atoms with van der Waals surface area (Å²) in [4.78, 5) is 27.7. The lowest BCUT2D eigenvalue weighted by Crippen LogP contribution is -2.28. The average Bonchev–Trinajstić information content (AvgIpc) is 2.89. The first-order valence-electron chi connectivity index (χ1n) is 8.00. The first-order chi connectivity index (χ1) is 13.1. The van der Waals surface area contributed by atoms with Gasteiger partial charge in [0.15, 0.2) is 0 Å². The zero-order valence-corrected chi connectivity index (χ0v) is 16.3. The van der Waals surface area contributed by atoms with Crippen LogP contribution < -0.4 is 9.80 Å². The van der Waals surface area contributed by atoms with E-state index in [1.54, 1.807) is 12.1 Å². The summed E-state index contributed by atoms with van der Waals surface area (Å²) < 4.78 is 39.2. The van der Waals surface area contributed by atoms with Crippen LogP contribution in [0.3, 0.4) is 0 Å². The number of alkyl halides is 3. The largest absolute Gasteiger partial charge is 0.417 e. The molecule has 1 heterocycles. The van der Waals surface area contributed by atoms with Crippen LogP contribution in [0.25, 0.3) is 6.08 Å². The molecule has 1 saturated heterocycles. The number of hydrogen-bond donors (Lipinski definition) is 0. The molecular weight excluding hydrogens is 413 g/mol. The standard InChI is InChI=1S/C19H14ClF3N2O2S/c1-24(2)12-5-3-11(4-6-12)9-16-17(26)25(18(27)28-16)13-7-8-15(20)14(10-13)19(21,22)23/h3-10H,1-2H3/b16-9-. The number of carbonyl (C=O) groups is 2. The predicted molar refractivity (Wildman–Crippen MR) is 106 cm³/mol. The van der Waals surface area contributed by atoms with Gasteiger partial charge in [0.1, 0.15) is 0 Å². The fourth-order valence-corrected chi connectivity index (χ4v) is 3.65. The second kappa shape index (κ2) is 7.52. The number of anilines is 2. The topological polar surface area (TPSA) is 40.6 Å². The Kier molecular flexibility index (Phi) is 5.45. The highest BCUT2D eigenvalue weighted by atomic mass is 35.5. The number of rotatable bonds is 3. The molecule has 2 aromatic carbocycles. The molecule has 3 rings (SSSR count). The zero-order valence-electron chi connectivity index (χ0n) is 14.7. The summed E-state index contributed by atoms with van der Waals surface area (Å²) in [5.74, 6) is -0.679. The van der Waals surface area contributed by atoms with E-state index in [2.05, 4.69) is 0 Å². The van der Waals surface area contributed by atoms with Gasteiger partial charge in [-0.15, -0.1) is 0 Å². The van der Waals surface area contributed by atoms with Crippen LogP contribution in [0.15, 0.2) is 47.4 Å². The lowest BCUT2D eigenvalue weighted by atomic mass is 10.1. The van der Waals surface area contributed by atoms with E-state index in [0.29, 0.717) is 23.4 Å². The van der Waals surface area contributed by atoms with Gasteiger partial charge in [0, 0.05) is 19.8 Å². The van der Waals surface area contributed by atoms with Gasteiger partial charge in [0.25, 0.3) is 11.1 Å². The molecule has 9 heteroatoms. The van der Waals surface area contributed by atoms with Gasteiger partial charge in [0.2, 0.25) is 0 Å². The maximum atomic E-state index is 13.1. The number of nitrogens with zero attached hydrogens (tertiary/aromatic N) is 2. The molecule has 28 heavy (non-hydrogen) atoms. The van der Waals surface area contributed by atoms with Crippen LogP contribution in [0.1, 0.15) is 11.1 Å². The molecule has 2 aromatic rings. The number of imide groups is 1. The molecule has 0 aromatic heterocycles. The maximum absolute atomic E-state index is 13.1. The predicted octanol–water partition coefficient (Wildman–Crippen LogP) is 5.67. The van der Waals surface area contributed by atoms with Crippen LogP contribution in [0.4, 0.5) is 29.3 Å². The minimum atomic E-state index is -4.70. The Labute approximate surface area is 168 Å². The van der Waals surface area contributed by atoms with E-state index in [1.807, 2.05) is 31.1 Å². The molecule has 0 N–H and O–H groups in total. The third-order valence-corrected chi connectivity index (χ3v) is 5.21. The highest BCUT2D eigenvalue weighted by Gasteiger charge is 2.39. The minimum Gasteiger partial charge on any atom is -0.378 e. The van der Waals surface area contributed by atoms with Crippen LogP contribution in [0.5, 0.6) is 0 Å². The lowest BCUT2D eigenvalue weighted by molar-refractivity contribution is -0.137. The molecule has 0 bridgehead atoms. The van der Waals surface area contributed by atoms with Crippen molar-refractivity contribution in [1.82, 2.24) is 0 Å². The number of hydrogen-bond acceptors (Lipinski definition) is 4. The van der Waals surface area contributed by atoms with E-state index in [0.717, 1.165) is 16.7 Å². The normalized spacial score (nSPS) is 16.2. The number of halogens is 4. The van der Waals surface area contributed by atoms with Crippen molar-refractivity contribution >= 4 is 52.0 Å². The Morgan fingerprint density at radius 2 is 1.71 bits per heavy atom. The quantitative estimate of drug-likeness (QED) is 0.593. The Balaban J connectivity index is 1.92. The van der Waals surface area contributed by atoms with Crippen molar-refractivity contribution < 1.29 is 22.8 Å². The summed E-state index contributed by atoms with van der Waals surface area (Å²) in [7, 11) is 3.78. The van der Waals surface area contributed by atoms with Gasteiger partial charge in [-0.05, 0) is 53.7 Å². The van der Waals surface area contributed by atoms with Gasteiger partial charge < -0.3 is 4.90 Å². The summed E-state index contributed by atoms with van der Waals surface area (Å²) in [5.41, 5.74) is 0.383. The van der Waals surface area contributed by atoms with Crippen LogP contribution in [0.2, 0.25) is 5.02 Å². The van der Waals surface area contributed by atoms with Gasteiger partial charge in [-0.3, -0.25) is 9.59 Å². The SMILES string of the molecule is CN(C)c1ccc(/C=C2\SC(=O)N(c3ccc(Cl)c(C(F)(F)F)c3)C2=O)cc1. The molecule has 4 nitrogen and oxygen atoms in total. The Morgan fingerprint density at radius 3 is 2.29 bits per heavy atom. The van der Waals surface area contributed by atoms with Crippen LogP contribution in [0, 0.1) is 0 Å². The summed E-state index contributed by atoms with van der Waals surface area (Å²) >= 11 is 6.28. The molecule has 0 atom stereocenters. The summed E-state index contributed by atoms with van der Waals surface area (Å²) in [6.45, 7) is 0. The van der Waals surface area contributed by atoms with E-state index in [4.69, 9.17) is 11.6 Å². The molecule has 1 aliphatic heterocycles. The van der Waals surface area contributed by atoms with Crippen molar-refractivity contribution in [3.05, 3.63) is 63.5 Å². The van der Waals surface area contributed by atoms with Crippen LogP contribution in [-0.4, -0.2) is 25.2 Å². The lowest BCUT2D eigenvalue weighted by Gasteiger charge is -2.16. The number of amides is 2. The number of carbonyl (C=O) groups excluding carboxylic acids is 2. The summed E-state index contributed by atoms with van der Waals surface area (Å²) in [5, 5.41) is -1.17. The Hall–Kier alpha value is -2.45. The fourth-order valence-electron chi connectivity index (χ4n) is 2.58.